The highest BCUT2D eigenvalue weighted by molar-refractivity contribution is 5.63. The van der Waals surface area contributed by atoms with E-state index in [1.54, 1.807) is 0 Å². The number of rotatable bonds is 4. The third-order valence-corrected chi connectivity index (χ3v) is 1.41. The first-order chi connectivity index (χ1) is 9.25. The number of nitrogens with one attached hydrogen (secondary N) is 1. The highest BCUT2D eigenvalue weighted by Gasteiger charge is 1.92. The zero-order valence-electron chi connectivity index (χ0n) is 11.4. The Kier molecular flexibility index (Phi) is 13.4. The van der Waals surface area contributed by atoms with Crippen LogP contribution >= 0.6 is 0 Å². The topological polar surface area (TPSA) is 130 Å². The molecule has 0 aromatic heterocycles. The van der Waals surface area contributed by atoms with Crippen molar-refractivity contribution in [3.63, 3.8) is 0 Å². The lowest BCUT2D eigenvalue weighted by atomic mass is 10.3. The Labute approximate surface area is 116 Å². The molecule has 1 aromatic rings. The van der Waals surface area contributed by atoms with Crippen molar-refractivity contribution in [2.45, 2.75) is 13.8 Å². The van der Waals surface area contributed by atoms with Crippen molar-refractivity contribution in [2.24, 2.45) is 0 Å². The summed E-state index contributed by atoms with van der Waals surface area (Å²) >= 11 is 0. The lowest BCUT2D eigenvalue weighted by Crippen LogP contribution is -2.21. The van der Waals surface area contributed by atoms with Gasteiger partial charge in [-0.05, 0) is 12.1 Å². The molecule has 0 radical (unpaired) electrons. The van der Waals surface area contributed by atoms with Gasteiger partial charge in [-0.1, -0.05) is 23.4 Å². The normalized spacial score (nSPS) is 8.65. The monoisotopic (exact) mass is 288 g/mol. The molecule has 1 aromatic carbocycles. The second kappa shape index (κ2) is 13.3. The van der Waals surface area contributed by atoms with E-state index in [0.29, 0.717) is 6.54 Å². The Hall–Kier alpha value is -2.16. The van der Waals surface area contributed by atoms with Crippen molar-refractivity contribution >= 4 is 17.6 Å². The van der Waals surface area contributed by atoms with E-state index in [-0.39, 0.29) is 11.8 Å². The minimum atomic E-state index is -0.833. The molecule has 114 valence electrons. The summed E-state index contributed by atoms with van der Waals surface area (Å²) in [4.78, 5) is 18.0. The van der Waals surface area contributed by atoms with Crippen LogP contribution in [0.3, 0.4) is 0 Å². The number of nitrogens with zero attached hydrogens (tertiary/aromatic N) is 1. The molecular weight excluding hydrogens is 268 g/mol. The molecule has 0 bridgehead atoms. The fourth-order valence-electron chi connectivity index (χ4n) is 0.856. The average molecular weight is 288 g/mol. The molecule has 0 atom stereocenters. The number of carbonyl (C=O) groups is 2. The van der Waals surface area contributed by atoms with E-state index < -0.39 is 11.9 Å². The average Bonchev–Trinajstić information content (AvgIpc) is 2.28. The number of benzene rings is 1. The summed E-state index contributed by atoms with van der Waals surface area (Å²) in [6, 6.07) is 9.59. The first-order valence-corrected chi connectivity index (χ1v) is 5.59. The predicted octanol–water partition coefficient (Wildman–Crippen LogP) is 1.36. The Morgan fingerprint density at radius 2 is 1.45 bits per heavy atom. The number of para-hydroxylation sites is 1. The van der Waals surface area contributed by atoms with Crippen LogP contribution in [0, 0.1) is 0 Å². The molecule has 0 heterocycles. The maximum Gasteiger partial charge on any atom is 0.300 e. The summed E-state index contributed by atoms with van der Waals surface area (Å²) in [5, 5.41) is 34.8. The second-order valence-electron chi connectivity index (χ2n) is 3.43. The van der Waals surface area contributed by atoms with E-state index in [0.717, 1.165) is 19.5 Å². The number of hydroxylamine groups is 2. The summed E-state index contributed by atoms with van der Waals surface area (Å²) in [5.74, 6) is -1.67. The van der Waals surface area contributed by atoms with Crippen LogP contribution in [0.2, 0.25) is 0 Å². The van der Waals surface area contributed by atoms with Gasteiger partial charge in [0.05, 0.1) is 6.54 Å². The van der Waals surface area contributed by atoms with E-state index in [1.165, 1.54) is 0 Å². The molecule has 8 nitrogen and oxygen atoms in total. The third kappa shape index (κ3) is 24.9. The van der Waals surface area contributed by atoms with Crippen molar-refractivity contribution in [2.75, 3.05) is 18.4 Å². The Balaban J connectivity index is 0. The second-order valence-corrected chi connectivity index (χ2v) is 3.43. The van der Waals surface area contributed by atoms with Crippen molar-refractivity contribution in [3.8, 4) is 0 Å². The van der Waals surface area contributed by atoms with Crippen LogP contribution in [0.25, 0.3) is 0 Å². The van der Waals surface area contributed by atoms with Crippen LogP contribution in [-0.2, 0) is 9.59 Å². The molecule has 0 saturated heterocycles. The first kappa shape index (κ1) is 20.2. The van der Waals surface area contributed by atoms with E-state index in [9.17, 15) is 0 Å². The molecule has 1 rings (SSSR count). The van der Waals surface area contributed by atoms with Crippen molar-refractivity contribution in [3.05, 3.63) is 30.3 Å². The quantitative estimate of drug-likeness (QED) is 0.525. The SMILES string of the molecule is CC(=O)O.CC(=O)O.ON(O)CCNc1ccccc1. The maximum absolute atomic E-state index is 9.00. The number of aliphatic carboxylic acids is 2. The molecule has 8 heteroatoms. The van der Waals surface area contributed by atoms with Gasteiger partial charge in [0.15, 0.2) is 0 Å². The molecular formula is C12H20N2O6. The molecule has 0 amide bonds. The summed E-state index contributed by atoms with van der Waals surface area (Å²) in [5.41, 5.74) is 0.972. The van der Waals surface area contributed by atoms with Gasteiger partial charge in [0.1, 0.15) is 0 Å². The van der Waals surface area contributed by atoms with E-state index in [1.807, 2.05) is 30.3 Å². The third-order valence-electron chi connectivity index (χ3n) is 1.41. The number of anilines is 1. The Bertz CT molecular complexity index is 349. The van der Waals surface area contributed by atoms with Gasteiger partial charge in [0.25, 0.3) is 11.9 Å². The fourth-order valence-corrected chi connectivity index (χ4v) is 0.856. The molecule has 0 aliphatic rings. The largest absolute Gasteiger partial charge is 0.481 e. The number of hydrogen-bond donors (Lipinski definition) is 5. The van der Waals surface area contributed by atoms with Gasteiger partial charge >= 0.3 is 0 Å². The molecule has 0 spiro atoms. The number of carboxylic acid groups (broad SMARTS) is 2. The van der Waals surface area contributed by atoms with Crippen LogP contribution in [-0.4, -0.2) is 50.9 Å². The van der Waals surface area contributed by atoms with Crippen molar-refractivity contribution in [1.29, 1.82) is 0 Å². The van der Waals surface area contributed by atoms with Crippen LogP contribution in [0.1, 0.15) is 13.8 Å². The first-order valence-electron chi connectivity index (χ1n) is 5.59. The molecule has 0 unspecified atom stereocenters. The van der Waals surface area contributed by atoms with Gasteiger partial charge < -0.3 is 15.5 Å². The Morgan fingerprint density at radius 3 is 1.80 bits per heavy atom. The van der Waals surface area contributed by atoms with Crippen LogP contribution < -0.4 is 5.32 Å². The van der Waals surface area contributed by atoms with Gasteiger partial charge in [-0.15, -0.1) is 0 Å². The summed E-state index contributed by atoms with van der Waals surface area (Å²) < 4.78 is 0. The molecule has 20 heavy (non-hydrogen) atoms. The van der Waals surface area contributed by atoms with Gasteiger partial charge in [0, 0.05) is 26.1 Å². The Morgan fingerprint density at radius 1 is 1.05 bits per heavy atom. The van der Waals surface area contributed by atoms with Gasteiger partial charge in [-0.2, -0.15) is 0 Å². The number of carboxylic acids is 2. The van der Waals surface area contributed by atoms with E-state index in [4.69, 9.17) is 30.2 Å². The molecule has 0 saturated carbocycles. The maximum atomic E-state index is 9.00. The zero-order valence-corrected chi connectivity index (χ0v) is 11.4. The van der Waals surface area contributed by atoms with Gasteiger partial charge in [-0.3, -0.25) is 20.0 Å². The standard InChI is InChI=1S/C8H12N2O2.2C2H4O2/c11-10(12)7-6-9-8-4-2-1-3-5-8;2*1-2(3)4/h1-5,9,11-12H,6-7H2;2*1H3,(H,3,4). The molecule has 0 aliphatic heterocycles. The van der Waals surface area contributed by atoms with Crippen molar-refractivity contribution in [1.82, 2.24) is 5.23 Å². The van der Waals surface area contributed by atoms with Crippen molar-refractivity contribution < 1.29 is 30.2 Å². The highest BCUT2D eigenvalue weighted by atomic mass is 16.8. The minimum Gasteiger partial charge on any atom is -0.481 e. The highest BCUT2D eigenvalue weighted by Crippen LogP contribution is 2.03. The predicted molar refractivity (Wildman–Crippen MR) is 71.8 cm³/mol. The van der Waals surface area contributed by atoms with Gasteiger partial charge in [-0.25, -0.2) is 0 Å². The lowest BCUT2D eigenvalue weighted by Gasteiger charge is -2.07. The molecule has 0 fully saturated rings. The summed E-state index contributed by atoms with van der Waals surface area (Å²) in [6.45, 7) is 2.84. The van der Waals surface area contributed by atoms with E-state index >= 15 is 0 Å². The van der Waals surface area contributed by atoms with Crippen LogP contribution in [0.5, 0.6) is 0 Å². The summed E-state index contributed by atoms with van der Waals surface area (Å²) in [6.07, 6.45) is 0. The summed E-state index contributed by atoms with van der Waals surface area (Å²) in [7, 11) is 0. The number of hydrogen-bond acceptors (Lipinski definition) is 6. The zero-order chi connectivity index (χ0) is 16.0. The van der Waals surface area contributed by atoms with Crippen LogP contribution in [0.4, 0.5) is 5.69 Å². The minimum absolute atomic E-state index is 0.163. The van der Waals surface area contributed by atoms with Gasteiger partial charge in [0.2, 0.25) is 0 Å². The van der Waals surface area contributed by atoms with E-state index in [2.05, 4.69) is 5.32 Å². The fraction of sp³-hybridized carbons (Fsp3) is 0.333. The molecule has 5 N–H and O–H groups in total. The van der Waals surface area contributed by atoms with Crippen LogP contribution in [0.15, 0.2) is 30.3 Å². The smallest absolute Gasteiger partial charge is 0.300 e. The lowest BCUT2D eigenvalue weighted by molar-refractivity contribution is -0.304. The molecule has 0 aliphatic carbocycles.